The fourth-order valence-corrected chi connectivity index (χ4v) is 3.19. The number of rotatable bonds is 5. The van der Waals surface area contributed by atoms with Crippen LogP contribution >= 0.6 is 23.1 Å². The van der Waals surface area contributed by atoms with Gasteiger partial charge in [0.15, 0.2) is 0 Å². The number of hydrogen-bond donors (Lipinski definition) is 0. The lowest BCUT2D eigenvalue weighted by Gasteiger charge is -1.94. The lowest BCUT2D eigenvalue weighted by molar-refractivity contribution is 0.830. The molecule has 0 aliphatic heterocycles. The van der Waals surface area contributed by atoms with Crippen molar-refractivity contribution < 1.29 is 0 Å². The van der Waals surface area contributed by atoms with Crippen LogP contribution in [0.4, 0.5) is 0 Å². The Bertz CT molecular complexity index is 306. The van der Waals surface area contributed by atoms with E-state index in [0.717, 1.165) is 28.6 Å². The Morgan fingerprint density at radius 1 is 1.43 bits per heavy atom. The molecule has 0 radical (unpaired) electrons. The largest absolute Gasteiger partial charge is 0.235 e. The van der Waals surface area contributed by atoms with Gasteiger partial charge in [-0.05, 0) is 26.7 Å². The predicted molar refractivity (Wildman–Crippen MR) is 61.8 cm³/mol. The van der Waals surface area contributed by atoms with E-state index < -0.39 is 0 Å². The van der Waals surface area contributed by atoms with Gasteiger partial charge in [0.05, 0.1) is 11.8 Å². The molecule has 0 fully saturated rings. The van der Waals surface area contributed by atoms with Crippen molar-refractivity contribution in [3.8, 4) is 6.07 Å². The molecule has 0 saturated heterocycles. The van der Waals surface area contributed by atoms with E-state index in [1.165, 1.54) is 4.88 Å². The first-order chi connectivity index (χ1) is 6.74. The van der Waals surface area contributed by atoms with Crippen molar-refractivity contribution in [1.82, 2.24) is 4.98 Å². The third-order valence-corrected chi connectivity index (χ3v) is 4.22. The second-order valence-corrected chi connectivity index (χ2v) is 5.63. The van der Waals surface area contributed by atoms with Crippen molar-refractivity contribution >= 4 is 23.1 Å². The van der Waals surface area contributed by atoms with E-state index in [-0.39, 0.29) is 0 Å². The first-order valence-electron chi connectivity index (χ1n) is 4.68. The summed E-state index contributed by atoms with van der Waals surface area (Å²) in [5, 5.41) is 8.36. The van der Waals surface area contributed by atoms with Gasteiger partial charge < -0.3 is 0 Å². The molecule has 0 spiro atoms. The molecular formula is C10H14N2S2. The number of nitrogens with zero attached hydrogens (tertiary/aromatic N) is 2. The topological polar surface area (TPSA) is 36.7 Å². The molecule has 0 aromatic carbocycles. The Hall–Kier alpha value is -0.530. The molecule has 0 saturated carbocycles. The maximum absolute atomic E-state index is 8.36. The molecule has 0 bridgehead atoms. The summed E-state index contributed by atoms with van der Waals surface area (Å²) in [6.45, 7) is 4.15. The molecule has 2 nitrogen and oxygen atoms in total. The average molecular weight is 226 g/mol. The second kappa shape index (κ2) is 6.05. The molecule has 1 heterocycles. The summed E-state index contributed by atoms with van der Waals surface area (Å²) in [5.41, 5.74) is 1.15. The molecule has 1 aromatic rings. The molecule has 1 aromatic heterocycles. The summed E-state index contributed by atoms with van der Waals surface area (Å²) in [6.07, 6.45) is 2.79. The summed E-state index contributed by atoms with van der Waals surface area (Å²) >= 11 is 3.57. The van der Waals surface area contributed by atoms with Gasteiger partial charge in [-0.3, -0.25) is 0 Å². The number of aromatic nitrogens is 1. The Kier molecular flexibility index (Phi) is 4.99. The Morgan fingerprint density at radius 2 is 2.21 bits per heavy atom. The van der Waals surface area contributed by atoms with E-state index in [1.54, 1.807) is 23.1 Å². The lowest BCUT2D eigenvalue weighted by Crippen LogP contribution is -1.80. The van der Waals surface area contributed by atoms with Crippen molar-refractivity contribution in [3.63, 3.8) is 0 Å². The SMILES string of the molecule is Cc1nc(SCCCCC#N)sc1C. The monoisotopic (exact) mass is 226 g/mol. The summed E-state index contributed by atoms with van der Waals surface area (Å²) in [6, 6.07) is 2.16. The van der Waals surface area contributed by atoms with E-state index in [4.69, 9.17) is 5.26 Å². The third kappa shape index (κ3) is 3.69. The van der Waals surface area contributed by atoms with Crippen LogP contribution in [0.5, 0.6) is 0 Å². The second-order valence-electron chi connectivity index (χ2n) is 3.09. The van der Waals surface area contributed by atoms with Crippen molar-refractivity contribution in [1.29, 1.82) is 5.26 Å². The fourth-order valence-electron chi connectivity index (χ4n) is 0.971. The van der Waals surface area contributed by atoms with Crippen LogP contribution in [0.2, 0.25) is 0 Å². The third-order valence-electron chi connectivity index (χ3n) is 1.92. The molecular weight excluding hydrogens is 212 g/mol. The van der Waals surface area contributed by atoms with Crippen LogP contribution in [-0.2, 0) is 0 Å². The van der Waals surface area contributed by atoms with Gasteiger partial charge in [-0.25, -0.2) is 4.98 Å². The van der Waals surface area contributed by atoms with Crippen LogP contribution in [-0.4, -0.2) is 10.7 Å². The minimum absolute atomic E-state index is 0.677. The summed E-state index contributed by atoms with van der Waals surface area (Å²) in [4.78, 5) is 5.75. The van der Waals surface area contributed by atoms with Crippen molar-refractivity contribution in [2.45, 2.75) is 37.4 Å². The van der Waals surface area contributed by atoms with Gasteiger partial charge in [-0.2, -0.15) is 5.26 Å². The molecule has 14 heavy (non-hydrogen) atoms. The lowest BCUT2D eigenvalue weighted by atomic mass is 10.3. The van der Waals surface area contributed by atoms with Gasteiger partial charge in [0.25, 0.3) is 0 Å². The van der Waals surface area contributed by atoms with Crippen LogP contribution in [0.15, 0.2) is 4.34 Å². The normalized spacial score (nSPS) is 10.1. The van der Waals surface area contributed by atoms with E-state index in [2.05, 4.69) is 18.0 Å². The maximum atomic E-state index is 8.36. The van der Waals surface area contributed by atoms with Crippen LogP contribution in [0.25, 0.3) is 0 Å². The van der Waals surface area contributed by atoms with Crippen LogP contribution < -0.4 is 0 Å². The minimum atomic E-state index is 0.677. The maximum Gasteiger partial charge on any atom is 0.150 e. The number of unbranched alkanes of at least 4 members (excludes halogenated alkanes) is 2. The predicted octanol–water partition coefficient (Wildman–Crippen LogP) is 3.55. The molecule has 0 amide bonds. The molecule has 1 rings (SSSR count). The van der Waals surface area contributed by atoms with E-state index in [1.807, 2.05) is 6.92 Å². The van der Waals surface area contributed by atoms with Gasteiger partial charge in [0.1, 0.15) is 4.34 Å². The van der Waals surface area contributed by atoms with E-state index >= 15 is 0 Å². The van der Waals surface area contributed by atoms with Gasteiger partial charge in [0, 0.05) is 17.1 Å². The van der Waals surface area contributed by atoms with Crippen LogP contribution in [0.3, 0.4) is 0 Å². The van der Waals surface area contributed by atoms with E-state index in [9.17, 15) is 0 Å². The zero-order chi connectivity index (χ0) is 10.4. The van der Waals surface area contributed by atoms with Gasteiger partial charge in [-0.1, -0.05) is 11.8 Å². The number of thiazole rings is 1. The Labute approximate surface area is 93.4 Å². The number of hydrogen-bond acceptors (Lipinski definition) is 4. The number of thioether (sulfide) groups is 1. The quantitative estimate of drug-likeness (QED) is 0.569. The highest BCUT2D eigenvalue weighted by atomic mass is 32.2. The Balaban J connectivity index is 2.22. The summed E-state index contributed by atoms with van der Waals surface area (Å²) in [7, 11) is 0. The van der Waals surface area contributed by atoms with E-state index in [0.29, 0.717) is 6.42 Å². The average Bonchev–Trinajstić information content (AvgIpc) is 2.46. The molecule has 0 aliphatic rings. The van der Waals surface area contributed by atoms with Gasteiger partial charge >= 0.3 is 0 Å². The van der Waals surface area contributed by atoms with Crippen molar-refractivity contribution in [2.24, 2.45) is 0 Å². The molecule has 0 unspecified atom stereocenters. The highest BCUT2D eigenvalue weighted by Crippen LogP contribution is 2.27. The zero-order valence-corrected chi connectivity index (χ0v) is 10.2. The van der Waals surface area contributed by atoms with Crippen LogP contribution in [0, 0.1) is 25.2 Å². The molecule has 76 valence electrons. The zero-order valence-electron chi connectivity index (χ0n) is 8.54. The molecule has 4 heteroatoms. The van der Waals surface area contributed by atoms with Crippen molar-refractivity contribution in [2.75, 3.05) is 5.75 Å². The summed E-state index contributed by atoms with van der Waals surface area (Å²) < 4.78 is 1.16. The van der Waals surface area contributed by atoms with Gasteiger partial charge in [-0.15, -0.1) is 11.3 Å². The standard InChI is InChI=1S/C10H14N2S2/c1-8-9(2)14-10(12-8)13-7-5-3-4-6-11/h3-5,7H2,1-2H3. The molecule has 0 atom stereocenters. The summed E-state index contributed by atoms with van der Waals surface area (Å²) in [5.74, 6) is 1.08. The minimum Gasteiger partial charge on any atom is -0.235 e. The van der Waals surface area contributed by atoms with Gasteiger partial charge in [0.2, 0.25) is 0 Å². The highest BCUT2D eigenvalue weighted by Gasteiger charge is 2.03. The first kappa shape index (κ1) is 11.5. The molecule has 0 aliphatic carbocycles. The number of nitriles is 1. The number of aryl methyl sites for hydroxylation is 2. The Morgan fingerprint density at radius 3 is 2.79 bits per heavy atom. The van der Waals surface area contributed by atoms with Crippen LogP contribution in [0.1, 0.15) is 29.8 Å². The highest BCUT2D eigenvalue weighted by molar-refractivity contribution is 8.01. The fraction of sp³-hybridized carbons (Fsp3) is 0.600. The smallest absolute Gasteiger partial charge is 0.150 e. The molecule has 0 N–H and O–H groups in total. The van der Waals surface area contributed by atoms with Crippen molar-refractivity contribution in [3.05, 3.63) is 10.6 Å². The first-order valence-corrected chi connectivity index (χ1v) is 6.48.